The summed E-state index contributed by atoms with van der Waals surface area (Å²) in [5.41, 5.74) is 0.809. The normalized spacial score (nSPS) is 18.5. The van der Waals surface area contributed by atoms with Gasteiger partial charge in [0.25, 0.3) is 11.6 Å². The van der Waals surface area contributed by atoms with Crippen LogP contribution >= 0.6 is 0 Å². The topological polar surface area (TPSA) is 100 Å². The lowest BCUT2D eigenvalue weighted by molar-refractivity contribution is -0.912. The van der Waals surface area contributed by atoms with E-state index < -0.39 is 36.0 Å². The smallest absolute Gasteiger partial charge is 0.387 e. The molecule has 1 amide bonds. The highest BCUT2D eigenvalue weighted by Crippen LogP contribution is 2.48. The van der Waals surface area contributed by atoms with Crippen LogP contribution in [0.5, 0.6) is 5.75 Å². The van der Waals surface area contributed by atoms with E-state index in [0.717, 1.165) is 4.73 Å². The zero-order valence-corrected chi connectivity index (χ0v) is 19.7. The number of ether oxygens (including phenoxy) is 1. The summed E-state index contributed by atoms with van der Waals surface area (Å²) < 4.78 is 49.0. The van der Waals surface area contributed by atoms with Gasteiger partial charge in [-0.3, -0.25) is 10.0 Å². The Morgan fingerprint density at radius 3 is 2.70 bits per heavy atom. The van der Waals surface area contributed by atoms with E-state index in [0.29, 0.717) is 34.4 Å². The Morgan fingerprint density at radius 1 is 1.22 bits per heavy atom. The molecule has 11 heteroatoms. The van der Waals surface area contributed by atoms with Crippen LogP contribution in [0.2, 0.25) is 0 Å². The zero-order valence-electron chi connectivity index (χ0n) is 19.7. The molecule has 0 saturated carbocycles. The highest BCUT2D eigenvalue weighted by Gasteiger charge is 2.42. The third kappa shape index (κ3) is 3.60. The summed E-state index contributed by atoms with van der Waals surface area (Å²) in [6.07, 6.45) is 1.66. The summed E-state index contributed by atoms with van der Waals surface area (Å²) in [4.78, 5) is 17.5. The molecule has 2 aromatic carbocycles. The average Bonchev–Trinajstić information content (AvgIpc) is 3.28. The first-order valence-corrected chi connectivity index (χ1v) is 11.6. The predicted molar refractivity (Wildman–Crippen MR) is 124 cm³/mol. The van der Waals surface area contributed by atoms with Gasteiger partial charge in [0.05, 0.1) is 28.7 Å². The largest absolute Gasteiger partial charge is 0.434 e. The van der Waals surface area contributed by atoms with Gasteiger partial charge in [-0.15, -0.1) is 0 Å². The summed E-state index contributed by atoms with van der Waals surface area (Å²) in [5.74, 6) is -0.632. The maximum atomic E-state index is 15.3. The van der Waals surface area contributed by atoms with Crippen molar-refractivity contribution in [3.8, 4) is 16.9 Å². The number of carbonyl (C=O) groups excluding carboxylic acids is 1. The number of pyridine rings is 1. The number of nitrogens with zero attached hydrogens (tertiary/aromatic N) is 3. The zero-order chi connectivity index (χ0) is 26.2. The number of alkyl halides is 2. The molecule has 0 spiro atoms. The molecule has 37 heavy (non-hydrogen) atoms. The van der Waals surface area contributed by atoms with Crippen molar-refractivity contribution in [3.05, 3.63) is 77.1 Å². The van der Waals surface area contributed by atoms with Gasteiger partial charge < -0.3 is 19.7 Å². The average molecular weight is 511 g/mol. The molecular formula is C26H22F3N4O4+. The number of fused-ring (bicyclic) bond motifs is 9. The molecule has 2 atom stereocenters. The minimum Gasteiger partial charge on any atom is -0.434 e. The number of nitrogens with one attached hydrogen (secondary N) is 1. The molecule has 0 radical (unpaired) electrons. The molecule has 2 bridgehead atoms. The van der Waals surface area contributed by atoms with Crippen LogP contribution < -0.4 is 14.8 Å². The van der Waals surface area contributed by atoms with Crippen molar-refractivity contribution in [1.29, 1.82) is 0 Å². The second-order valence-corrected chi connectivity index (χ2v) is 9.74. The first-order chi connectivity index (χ1) is 17.5. The summed E-state index contributed by atoms with van der Waals surface area (Å²) in [5, 5.41) is 23.5. The minimum absolute atomic E-state index is 0.103. The molecule has 2 aliphatic rings. The molecular weight excluding hydrogens is 489 g/mol. The molecule has 6 rings (SSSR count). The van der Waals surface area contributed by atoms with Gasteiger partial charge in [-0.1, -0.05) is 6.07 Å². The Hall–Kier alpha value is -4.12. The Bertz CT molecular complexity index is 1600. The van der Waals surface area contributed by atoms with Gasteiger partial charge in [-0.25, -0.2) is 9.37 Å². The maximum absolute atomic E-state index is 15.3. The number of benzene rings is 2. The Balaban J connectivity index is 1.54. The molecule has 2 aromatic heterocycles. The molecule has 8 nitrogen and oxygen atoms in total. The number of amides is 1. The fourth-order valence-electron chi connectivity index (χ4n) is 5.39. The van der Waals surface area contributed by atoms with E-state index in [1.807, 2.05) is 4.57 Å². The number of hydrogen-bond acceptors (Lipinski definition) is 5. The Kier molecular flexibility index (Phi) is 5.00. The number of carbonyl (C=O) groups is 1. The molecule has 0 aliphatic carbocycles. The van der Waals surface area contributed by atoms with Crippen LogP contribution in [0.15, 0.2) is 48.7 Å². The van der Waals surface area contributed by atoms with Crippen LogP contribution in [0.25, 0.3) is 22.2 Å². The molecule has 0 unspecified atom stereocenters. The van der Waals surface area contributed by atoms with Crippen LogP contribution in [-0.2, 0) is 5.60 Å². The monoisotopic (exact) mass is 511 g/mol. The number of hydrogen-bond donors (Lipinski definition) is 3. The molecule has 3 N–H and O–H groups in total. The molecule has 4 aromatic rings. The van der Waals surface area contributed by atoms with Crippen LogP contribution in [0.3, 0.4) is 0 Å². The van der Waals surface area contributed by atoms with Gasteiger partial charge in [0, 0.05) is 33.6 Å². The lowest BCUT2D eigenvalue weighted by Gasteiger charge is -2.21. The van der Waals surface area contributed by atoms with Gasteiger partial charge >= 0.3 is 6.61 Å². The summed E-state index contributed by atoms with van der Waals surface area (Å²) in [7, 11) is 0. The number of halogens is 3. The van der Waals surface area contributed by atoms with Crippen molar-refractivity contribution in [2.75, 3.05) is 0 Å². The van der Waals surface area contributed by atoms with E-state index in [-0.39, 0.29) is 22.6 Å². The van der Waals surface area contributed by atoms with E-state index in [1.54, 1.807) is 18.2 Å². The molecule has 4 heterocycles. The highest BCUT2D eigenvalue weighted by molar-refractivity contribution is 5.98. The van der Waals surface area contributed by atoms with Crippen LogP contribution in [-0.4, -0.2) is 32.4 Å². The summed E-state index contributed by atoms with van der Waals surface area (Å²) in [6, 6.07) is 9.28. The van der Waals surface area contributed by atoms with Crippen molar-refractivity contribution >= 4 is 16.9 Å². The Morgan fingerprint density at radius 2 is 2.00 bits per heavy atom. The van der Waals surface area contributed by atoms with Gasteiger partial charge in [0.1, 0.15) is 23.0 Å². The van der Waals surface area contributed by atoms with E-state index >= 15 is 4.39 Å². The van der Waals surface area contributed by atoms with Gasteiger partial charge in [0.15, 0.2) is 0 Å². The fourth-order valence-corrected chi connectivity index (χ4v) is 5.39. The number of aliphatic hydroxyl groups is 1. The summed E-state index contributed by atoms with van der Waals surface area (Å²) >= 11 is 0. The van der Waals surface area contributed by atoms with Crippen molar-refractivity contribution in [2.24, 2.45) is 0 Å². The SMILES string of the molecule is CC(C)(O)c1ccc(-c2cc3c(cc2F)nc2n3[C@H]3C[C@@H]2NC(=O)c2cccc(OC(F)F)c23)c[n+]1O. The minimum atomic E-state index is -3.08. The van der Waals surface area contributed by atoms with E-state index in [2.05, 4.69) is 10.3 Å². The predicted octanol–water partition coefficient (Wildman–Crippen LogP) is 3.97. The lowest BCUT2D eigenvalue weighted by atomic mass is 9.97. The molecule has 0 fully saturated rings. The standard InChI is InChI=1S/C26H21F3N4O4/c1-26(2,35)21-7-6-12(11-32(21)36)14-8-18-16(9-15(14)27)30-23-17-10-19(33(18)23)22-13(24(34)31-17)4-3-5-20(22)37-25(28)29/h3-9,11,17,19,25,35H,10H2,1-2H3,(H-,31,34,36)/p+1/t17-,19-/m0/s1. The van der Waals surface area contributed by atoms with Gasteiger partial charge in [-0.05, 0) is 44.5 Å². The Labute approximate surface area is 208 Å². The quantitative estimate of drug-likeness (QED) is 0.284. The highest BCUT2D eigenvalue weighted by atomic mass is 19.3. The summed E-state index contributed by atoms with van der Waals surface area (Å²) in [6.45, 7) is -0.0490. The van der Waals surface area contributed by atoms with Crippen LogP contribution in [0.1, 0.15) is 59.8 Å². The first-order valence-electron chi connectivity index (χ1n) is 11.6. The third-order valence-corrected chi connectivity index (χ3v) is 6.92. The second kappa shape index (κ2) is 7.94. The fraction of sp³-hybridized carbons (Fsp3) is 0.269. The first kappa shape index (κ1) is 23.3. The van der Waals surface area contributed by atoms with E-state index in [9.17, 15) is 23.9 Å². The molecule has 190 valence electrons. The van der Waals surface area contributed by atoms with Crippen LogP contribution in [0, 0.1) is 5.82 Å². The van der Waals surface area contributed by atoms with E-state index in [1.165, 1.54) is 44.3 Å². The van der Waals surface area contributed by atoms with Crippen molar-refractivity contribution < 1.29 is 37.7 Å². The molecule has 0 saturated heterocycles. The molecule has 2 aliphatic heterocycles. The second-order valence-electron chi connectivity index (χ2n) is 9.74. The number of aromatic nitrogens is 3. The van der Waals surface area contributed by atoms with Crippen LogP contribution in [0.4, 0.5) is 13.2 Å². The third-order valence-electron chi connectivity index (χ3n) is 6.92. The van der Waals surface area contributed by atoms with Crippen molar-refractivity contribution in [1.82, 2.24) is 14.9 Å². The lowest BCUT2D eigenvalue weighted by Crippen LogP contribution is -2.41. The van der Waals surface area contributed by atoms with Crippen molar-refractivity contribution in [2.45, 2.75) is 44.6 Å². The maximum Gasteiger partial charge on any atom is 0.387 e. The van der Waals surface area contributed by atoms with E-state index in [4.69, 9.17) is 4.74 Å². The number of imidazole rings is 1. The number of rotatable bonds is 4. The van der Waals surface area contributed by atoms with Gasteiger partial charge in [0.2, 0.25) is 6.20 Å². The van der Waals surface area contributed by atoms with Gasteiger partial charge in [-0.2, -0.15) is 8.78 Å². The van der Waals surface area contributed by atoms with Crippen molar-refractivity contribution in [3.63, 3.8) is 0 Å².